The van der Waals surface area contributed by atoms with Crippen molar-refractivity contribution in [2.45, 2.75) is 46.6 Å². The SMILES string of the molecule is CCOC(=O)[C@@]1(N=C(c2ccccc2)c2ccccc2)C23c4c5c6c7c8c9c(c%10c%11c2c2c4c4c%12c%13c%14c%15c%16c%17c%18c%19c%20c%21c%22c(c%13c4c4c2c2c%11c%11c%10c%10c9c9c%13c8c(c6c%15c5%12)c%16c%13c%18c5c%19c6c%21c(c2c%224)c%11c6c%10c59)C%202C%14%17[C@@]2(N=C(c2ccccc2)c2ccccc2)C(=O)OCC)C731. The second-order valence-electron chi connectivity index (χ2n) is 33.2. The summed E-state index contributed by atoms with van der Waals surface area (Å²) in [6.07, 6.45) is 0. The molecule has 0 N–H and O–H groups in total. The Labute approximate surface area is 555 Å². The molecular formula is C94H30N2O4. The molecule has 28 aromatic rings. The van der Waals surface area contributed by atoms with Crippen LogP contribution in [0.4, 0.5) is 0 Å². The molecule has 4 spiro atoms. The molecule has 0 heterocycles. The van der Waals surface area contributed by atoms with Crippen LogP contribution in [0.5, 0.6) is 0 Å². The molecule has 28 aromatic carbocycles. The van der Waals surface area contributed by atoms with E-state index >= 15 is 9.59 Å². The summed E-state index contributed by atoms with van der Waals surface area (Å²) >= 11 is 0. The summed E-state index contributed by atoms with van der Waals surface area (Å²) < 4.78 is 14.3. The number of hydrogen-bond acceptors (Lipinski definition) is 6. The highest BCUT2D eigenvalue weighted by Crippen LogP contribution is 2.98. The molecule has 0 bridgehead atoms. The third-order valence-corrected chi connectivity index (χ3v) is 32.1. The van der Waals surface area contributed by atoms with Crippen LogP contribution in [0.25, 0.3) is 259 Å². The second kappa shape index (κ2) is 11.0. The molecule has 6 nitrogen and oxygen atoms in total. The molecule has 2 fully saturated rings. The number of benzene rings is 20. The van der Waals surface area contributed by atoms with Crippen LogP contribution in [0.1, 0.15) is 80.6 Å². The van der Waals surface area contributed by atoms with Crippen molar-refractivity contribution in [3.8, 4) is 0 Å². The Bertz CT molecular complexity index is 8690. The molecule has 0 radical (unpaired) electrons. The lowest BCUT2D eigenvalue weighted by atomic mass is 9.67. The Morgan fingerprint density at radius 1 is 0.230 bits per heavy atom. The molecule has 0 aliphatic heterocycles. The first-order chi connectivity index (χ1) is 49.6. The van der Waals surface area contributed by atoms with E-state index in [-0.39, 0.29) is 25.2 Å². The van der Waals surface area contributed by atoms with Gasteiger partial charge in [0.2, 0.25) is 0 Å². The van der Waals surface area contributed by atoms with Crippen LogP contribution in [0, 0.1) is 0 Å². The predicted molar refractivity (Wildman–Crippen MR) is 403 cm³/mol. The Balaban J connectivity index is 0.923. The van der Waals surface area contributed by atoms with Crippen LogP contribution in [0.2, 0.25) is 0 Å². The van der Waals surface area contributed by atoms with Crippen molar-refractivity contribution in [2.24, 2.45) is 9.98 Å². The summed E-state index contributed by atoms with van der Waals surface area (Å²) in [6, 6.07) is 43.4. The average molecular weight is 1250 g/mol. The molecule has 38 rings (SSSR count). The Morgan fingerprint density at radius 2 is 0.370 bits per heavy atom. The number of aliphatic imine (C=N–C) groups is 2. The summed E-state index contributed by atoms with van der Waals surface area (Å²) in [5.41, 5.74) is 9.47. The van der Waals surface area contributed by atoms with Crippen LogP contribution in [-0.2, 0) is 40.7 Å². The fourth-order valence-electron chi connectivity index (χ4n) is 31.4. The third kappa shape index (κ3) is 2.66. The molecule has 0 aromatic heterocycles. The molecule has 100 heavy (non-hydrogen) atoms. The first kappa shape index (κ1) is 43.2. The molecule has 4 unspecified atom stereocenters. The van der Waals surface area contributed by atoms with E-state index in [1.54, 1.807) is 0 Å². The smallest absolute Gasteiger partial charge is 0.336 e. The highest BCUT2D eigenvalue weighted by molar-refractivity contribution is 6.78. The van der Waals surface area contributed by atoms with E-state index in [1.807, 2.05) is 13.8 Å². The number of rotatable bonds is 10. The van der Waals surface area contributed by atoms with Crippen molar-refractivity contribution in [1.82, 2.24) is 0 Å². The van der Waals surface area contributed by atoms with Gasteiger partial charge in [-0.15, -0.1) is 0 Å². The average Bonchev–Trinajstić information content (AvgIpc) is 1.35. The maximum atomic E-state index is 17.9. The van der Waals surface area contributed by atoms with Crippen molar-refractivity contribution in [3.63, 3.8) is 0 Å². The Hall–Kier alpha value is -12.1. The van der Waals surface area contributed by atoms with Gasteiger partial charge in [-0.3, -0.25) is 9.98 Å². The lowest BCUT2D eigenvalue weighted by molar-refractivity contribution is -0.147. The van der Waals surface area contributed by atoms with E-state index in [1.165, 1.54) is 303 Å². The summed E-state index contributed by atoms with van der Waals surface area (Å²) in [5, 5.41) is 67.6. The highest BCUT2D eigenvalue weighted by atomic mass is 16.5. The topological polar surface area (TPSA) is 77.3 Å². The molecule has 2 saturated carbocycles. The number of hydrogen-bond donors (Lipinski definition) is 0. The van der Waals surface area contributed by atoms with Gasteiger partial charge < -0.3 is 9.47 Å². The summed E-state index contributed by atoms with van der Waals surface area (Å²) in [5.74, 6) is -0.415. The number of nitrogens with zero attached hydrogens (tertiary/aromatic N) is 2. The molecule has 0 saturated heterocycles. The second-order valence-corrected chi connectivity index (χ2v) is 33.2. The van der Waals surface area contributed by atoms with Crippen LogP contribution in [0.15, 0.2) is 131 Å². The van der Waals surface area contributed by atoms with Gasteiger partial charge in [-0.25, -0.2) is 9.59 Å². The van der Waals surface area contributed by atoms with Gasteiger partial charge >= 0.3 is 11.9 Å². The molecular weight excluding hydrogens is 1220 g/mol. The largest absolute Gasteiger partial charge is 0.464 e. The lowest BCUT2D eigenvalue weighted by Crippen LogP contribution is -2.36. The van der Waals surface area contributed by atoms with Crippen molar-refractivity contribution >= 4 is 282 Å². The zero-order chi connectivity index (χ0) is 62.3. The van der Waals surface area contributed by atoms with E-state index in [0.717, 1.165) is 33.7 Å². The molecule has 10 aliphatic rings. The van der Waals surface area contributed by atoms with Gasteiger partial charge in [0.1, 0.15) is 0 Å². The zero-order valence-corrected chi connectivity index (χ0v) is 52.5. The van der Waals surface area contributed by atoms with Crippen LogP contribution in [-0.4, -0.2) is 47.7 Å². The quantitative estimate of drug-likeness (QED) is 0.0777. The van der Waals surface area contributed by atoms with Gasteiger partial charge in [-0.2, -0.15) is 0 Å². The molecule has 6 heteroatoms. The molecule has 0 amide bonds. The number of ether oxygens (including phenoxy) is 2. The first-order valence-electron chi connectivity index (χ1n) is 36.3. The van der Waals surface area contributed by atoms with E-state index in [2.05, 4.69) is 121 Å². The van der Waals surface area contributed by atoms with Crippen LogP contribution in [0.3, 0.4) is 0 Å². The zero-order valence-electron chi connectivity index (χ0n) is 52.5. The Morgan fingerprint density at radius 3 is 0.510 bits per heavy atom. The number of esters is 2. The van der Waals surface area contributed by atoms with E-state index in [4.69, 9.17) is 19.5 Å². The van der Waals surface area contributed by atoms with Crippen molar-refractivity contribution in [3.05, 3.63) is 188 Å². The lowest BCUT2D eigenvalue weighted by Gasteiger charge is -2.32. The van der Waals surface area contributed by atoms with E-state index in [9.17, 15) is 0 Å². The van der Waals surface area contributed by atoms with Crippen molar-refractivity contribution in [1.29, 1.82) is 0 Å². The van der Waals surface area contributed by atoms with Crippen molar-refractivity contribution < 1.29 is 19.1 Å². The third-order valence-electron chi connectivity index (χ3n) is 32.1. The standard InChI is InChI=1S/C94H30N2O4/c1-3-99-87(97)93(95-85(25-17-9-5-10-18-25)26-19-11-6-12-20-26)89-77-61-45-33-31-29-30-32-34-36-41-51-39(32)49(37(29)45)65(77)67(51)79-69-53(41)44-48(36)64-62-46(34)38(30)50-40(31)52-42-35(33)47-43-54(42)70-74-58-55(43)71(81(89)63(47)61)75-59(58)60-57(73(69)83(75)91(79,89)93)56(44)72-76(60)84(74)92-80(70)68(52)66(50)78(62)90(92,82(64)72)94(92,88(98)100-4-2)96-86(27-21-13-7-14-22-27)28-23-15-8-16-24-28/h5-24H,3-4H2,1-2H3/t89?,90?,91?,92?,93-,94+. The van der Waals surface area contributed by atoms with Gasteiger partial charge in [0.25, 0.3) is 0 Å². The summed E-state index contributed by atoms with van der Waals surface area (Å²) in [6.45, 7) is 4.51. The van der Waals surface area contributed by atoms with Crippen LogP contribution < -0.4 is 0 Å². The Kier molecular flexibility index (Phi) is 4.73. The van der Waals surface area contributed by atoms with Gasteiger partial charge in [-0.1, -0.05) is 121 Å². The fraction of sp³-hybridized carbons (Fsp3) is 0.106. The predicted octanol–water partition coefficient (Wildman–Crippen LogP) is 20.6. The maximum Gasteiger partial charge on any atom is 0.336 e. The summed E-state index contributed by atoms with van der Waals surface area (Å²) in [4.78, 5) is 49.3. The highest BCUT2D eigenvalue weighted by Gasteiger charge is 3.01. The molecule has 6 atom stereocenters. The monoisotopic (exact) mass is 1250 g/mol. The molecule has 10 aliphatic carbocycles. The van der Waals surface area contributed by atoms with Gasteiger partial charge in [-0.05, 0) is 317 Å². The van der Waals surface area contributed by atoms with E-state index < -0.39 is 32.7 Å². The summed E-state index contributed by atoms with van der Waals surface area (Å²) in [7, 11) is 0. The maximum absolute atomic E-state index is 17.9. The fourth-order valence-corrected chi connectivity index (χ4v) is 31.4. The normalized spacial score (nSPS) is 25.3. The minimum Gasteiger partial charge on any atom is -0.464 e. The minimum absolute atomic E-state index is 0.207. The molecule has 440 valence electrons. The minimum atomic E-state index is -1.50. The number of carbonyl (C=O) groups excluding carboxylic acids is 2. The van der Waals surface area contributed by atoms with Gasteiger partial charge in [0.05, 0.1) is 46.3 Å². The van der Waals surface area contributed by atoms with Gasteiger partial charge in [0, 0.05) is 22.3 Å². The first-order valence-corrected chi connectivity index (χ1v) is 36.3. The van der Waals surface area contributed by atoms with Gasteiger partial charge in [0.15, 0.2) is 11.1 Å². The van der Waals surface area contributed by atoms with E-state index in [0.29, 0.717) is 0 Å². The van der Waals surface area contributed by atoms with Crippen LogP contribution >= 0.6 is 0 Å². The number of carbonyl (C=O) groups is 2. The van der Waals surface area contributed by atoms with Crippen molar-refractivity contribution in [2.75, 3.05) is 13.2 Å².